The Kier molecular flexibility index (Phi) is 6.83. The fourth-order valence-corrected chi connectivity index (χ4v) is 1.74. The maximum atomic E-state index is 12.5. The third-order valence-corrected chi connectivity index (χ3v) is 2.90. The molecule has 1 aromatic carbocycles. The molecule has 20 heavy (non-hydrogen) atoms. The van der Waals surface area contributed by atoms with Crippen molar-refractivity contribution in [3.8, 4) is 5.75 Å². The van der Waals surface area contributed by atoms with Gasteiger partial charge in [0.05, 0.1) is 26.0 Å². The van der Waals surface area contributed by atoms with Crippen LogP contribution in [0.1, 0.15) is 10.4 Å². The van der Waals surface area contributed by atoms with E-state index in [0.29, 0.717) is 43.3 Å². The Morgan fingerprint density at radius 1 is 1.15 bits per heavy atom. The van der Waals surface area contributed by atoms with Gasteiger partial charge in [0, 0.05) is 32.9 Å². The zero-order valence-electron chi connectivity index (χ0n) is 12.2. The second kappa shape index (κ2) is 8.39. The quantitative estimate of drug-likeness (QED) is 0.720. The number of hydrogen-bond donors (Lipinski definition) is 1. The summed E-state index contributed by atoms with van der Waals surface area (Å²) in [4.78, 5) is 14.1. The number of carbonyl (C=O) groups excluding carboxylic acids is 1. The lowest BCUT2D eigenvalue weighted by Gasteiger charge is -2.22. The Labute approximate surface area is 119 Å². The highest BCUT2D eigenvalue weighted by atomic mass is 16.5. The molecule has 0 saturated carbocycles. The highest BCUT2D eigenvalue weighted by Crippen LogP contribution is 2.22. The third kappa shape index (κ3) is 4.40. The molecular weight excluding hydrogens is 260 g/mol. The number of nitrogens with two attached hydrogens (primary N) is 1. The van der Waals surface area contributed by atoms with Gasteiger partial charge in [0.2, 0.25) is 0 Å². The number of anilines is 1. The van der Waals surface area contributed by atoms with Crippen molar-refractivity contribution >= 4 is 11.6 Å². The lowest BCUT2D eigenvalue weighted by Crippen LogP contribution is -2.36. The van der Waals surface area contributed by atoms with E-state index in [0.717, 1.165) is 0 Å². The van der Waals surface area contributed by atoms with Crippen LogP contribution in [-0.2, 0) is 9.47 Å². The summed E-state index contributed by atoms with van der Waals surface area (Å²) in [5.74, 6) is 0.395. The molecule has 0 aromatic heterocycles. The first-order valence-corrected chi connectivity index (χ1v) is 6.34. The zero-order chi connectivity index (χ0) is 15.0. The molecule has 1 rings (SSSR count). The molecule has 1 aromatic rings. The van der Waals surface area contributed by atoms with E-state index in [1.165, 1.54) is 7.11 Å². The molecule has 112 valence electrons. The lowest BCUT2D eigenvalue weighted by molar-refractivity contribution is 0.0627. The molecule has 0 saturated heterocycles. The number of methoxy groups -OCH3 is 3. The van der Waals surface area contributed by atoms with Crippen molar-refractivity contribution in [1.29, 1.82) is 0 Å². The van der Waals surface area contributed by atoms with E-state index in [1.807, 2.05) is 0 Å². The van der Waals surface area contributed by atoms with E-state index in [4.69, 9.17) is 19.9 Å². The third-order valence-electron chi connectivity index (χ3n) is 2.90. The second-order valence-corrected chi connectivity index (χ2v) is 4.23. The summed E-state index contributed by atoms with van der Waals surface area (Å²) in [7, 11) is 4.73. The summed E-state index contributed by atoms with van der Waals surface area (Å²) in [6, 6.07) is 4.99. The maximum Gasteiger partial charge on any atom is 0.254 e. The van der Waals surface area contributed by atoms with Crippen LogP contribution >= 0.6 is 0 Å². The topological polar surface area (TPSA) is 74.0 Å². The minimum absolute atomic E-state index is 0.0996. The molecule has 0 aliphatic carbocycles. The summed E-state index contributed by atoms with van der Waals surface area (Å²) in [5.41, 5.74) is 6.78. The van der Waals surface area contributed by atoms with Crippen molar-refractivity contribution < 1.29 is 19.0 Å². The van der Waals surface area contributed by atoms with Gasteiger partial charge in [-0.1, -0.05) is 0 Å². The van der Waals surface area contributed by atoms with Crippen molar-refractivity contribution in [3.05, 3.63) is 23.8 Å². The fourth-order valence-electron chi connectivity index (χ4n) is 1.74. The van der Waals surface area contributed by atoms with Crippen LogP contribution in [0, 0.1) is 0 Å². The lowest BCUT2D eigenvalue weighted by atomic mass is 10.1. The molecule has 6 heteroatoms. The monoisotopic (exact) mass is 282 g/mol. The van der Waals surface area contributed by atoms with Crippen LogP contribution in [0.3, 0.4) is 0 Å². The second-order valence-electron chi connectivity index (χ2n) is 4.23. The summed E-state index contributed by atoms with van der Waals surface area (Å²) in [6.07, 6.45) is 0. The van der Waals surface area contributed by atoms with Gasteiger partial charge < -0.3 is 24.8 Å². The van der Waals surface area contributed by atoms with Crippen LogP contribution < -0.4 is 10.5 Å². The van der Waals surface area contributed by atoms with Crippen LogP contribution in [0.2, 0.25) is 0 Å². The van der Waals surface area contributed by atoms with E-state index in [-0.39, 0.29) is 5.91 Å². The summed E-state index contributed by atoms with van der Waals surface area (Å²) < 4.78 is 15.2. The SMILES string of the molecule is COCCN(CCOC)C(=O)c1ccc(N)c(OC)c1. The van der Waals surface area contributed by atoms with Gasteiger partial charge >= 0.3 is 0 Å². The van der Waals surface area contributed by atoms with Crippen molar-refractivity contribution in [3.63, 3.8) is 0 Å². The van der Waals surface area contributed by atoms with Gasteiger partial charge in [-0.05, 0) is 18.2 Å². The number of ether oxygens (including phenoxy) is 3. The fraction of sp³-hybridized carbons (Fsp3) is 0.500. The number of hydrogen-bond acceptors (Lipinski definition) is 5. The van der Waals surface area contributed by atoms with Crippen molar-refractivity contribution in [2.24, 2.45) is 0 Å². The van der Waals surface area contributed by atoms with E-state index < -0.39 is 0 Å². The van der Waals surface area contributed by atoms with E-state index >= 15 is 0 Å². The Hall–Kier alpha value is -1.79. The predicted molar refractivity (Wildman–Crippen MR) is 77.1 cm³/mol. The summed E-state index contributed by atoms with van der Waals surface area (Å²) in [6.45, 7) is 1.96. The van der Waals surface area contributed by atoms with Gasteiger partial charge in [-0.25, -0.2) is 0 Å². The van der Waals surface area contributed by atoms with Crippen LogP contribution in [0.25, 0.3) is 0 Å². The van der Waals surface area contributed by atoms with Crippen LogP contribution in [0.15, 0.2) is 18.2 Å². The molecule has 2 N–H and O–H groups in total. The smallest absolute Gasteiger partial charge is 0.254 e. The first-order chi connectivity index (χ1) is 9.63. The van der Waals surface area contributed by atoms with E-state index in [2.05, 4.69) is 0 Å². The Balaban J connectivity index is 2.86. The number of nitrogen functional groups attached to an aromatic ring is 1. The van der Waals surface area contributed by atoms with Gasteiger partial charge in [-0.3, -0.25) is 4.79 Å². The Morgan fingerprint density at radius 2 is 1.75 bits per heavy atom. The molecule has 0 radical (unpaired) electrons. The molecule has 0 unspecified atom stereocenters. The minimum Gasteiger partial charge on any atom is -0.495 e. The number of nitrogens with zero attached hydrogens (tertiary/aromatic N) is 1. The van der Waals surface area contributed by atoms with Crippen molar-refractivity contribution in [2.75, 3.05) is 53.4 Å². The Morgan fingerprint density at radius 3 is 2.25 bits per heavy atom. The Bertz CT molecular complexity index is 429. The standard InChI is InChI=1S/C14H22N2O4/c1-18-8-6-16(7-9-19-2)14(17)11-4-5-12(15)13(10-11)20-3/h4-5,10H,6-9,15H2,1-3H3. The maximum absolute atomic E-state index is 12.5. The average molecular weight is 282 g/mol. The first-order valence-electron chi connectivity index (χ1n) is 6.34. The van der Waals surface area contributed by atoms with E-state index in [9.17, 15) is 4.79 Å². The van der Waals surface area contributed by atoms with Crippen LogP contribution in [-0.4, -0.2) is 58.4 Å². The molecule has 0 aliphatic heterocycles. The molecule has 0 spiro atoms. The molecule has 0 bridgehead atoms. The van der Waals surface area contributed by atoms with Gasteiger partial charge in [-0.2, -0.15) is 0 Å². The minimum atomic E-state index is -0.0996. The molecule has 0 aliphatic rings. The van der Waals surface area contributed by atoms with E-state index in [1.54, 1.807) is 37.3 Å². The largest absolute Gasteiger partial charge is 0.495 e. The first kappa shape index (κ1) is 16.3. The van der Waals surface area contributed by atoms with Gasteiger partial charge in [0.25, 0.3) is 5.91 Å². The average Bonchev–Trinajstić information content (AvgIpc) is 2.47. The molecule has 1 amide bonds. The molecule has 6 nitrogen and oxygen atoms in total. The molecule has 0 heterocycles. The van der Waals surface area contributed by atoms with Gasteiger partial charge in [0.15, 0.2) is 0 Å². The number of amides is 1. The highest BCUT2D eigenvalue weighted by Gasteiger charge is 2.16. The van der Waals surface area contributed by atoms with Crippen LogP contribution in [0.4, 0.5) is 5.69 Å². The number of benzene rings is 1. The van der Waals surface area contributed by atoms with Crippen molar-refractivity contribution in [1.82, 2.24) is 4.90 Å². The van der Waals surface area contributed by atoms with Crippen molar-refractivity contribution in [2.45, 2.75) is 0 Å². The zero-order valence-corrected chi connectivity index (χ0v) is 12.2. The summed E-state index contributed by atoms with van der Waals surface area (Å²) >= 11 is 0. The van der Waals surface area contributed by atoms with Gasteiger partial charge in [-0.15, -0.1) is 0 Å². The number of carbonyl (C=O) groups is 1. The van der Waals surface area contributed by atoms with Crippen LogP contribution in [0.5, 0.6) is 5.75 Å². The predicted octanol–water partition coefficient (Wildman–Crippen LogP) is 1.01. The molecule has 0 fully saturated rings. The summed E-state index contributed by atoms with van der Waals surface area (Å²) in [5, 5.41) is 0. The normalized spacial score (nSPS) is 10.3. The van der Waals surface area contributed by atoms with Gasteiger partial charge in [0.1, 0.15) is 5.75 Å². The number of rotatable bonds is 8. The molecule has 0 atom stereocenters. The highest BCUT2D eigenvalue weighted by molar-refractivity contribution is 5.95. The molecular formula is C14H22N2O4.